The van der Waals surface area contributed by atoms with E-state index in [0.29, 0.717) is 0 Å². The fourth-order valence-corrected chi connectivity index (χ4v) is 3.16. The Morgan fingerprint density at radius 1 is 0.750 bits per heavy atom. The predicted octanol–water partition coefficient (Wildman–Crippen LogP) is 6.04. The van der Waals surface area contributed by atoms with Crippen molar-refractivity contribution in [3.63, 3.8) is 0 Å². The maximum absolute atomic E-state index is 14.2. The molecule has 3 aromatic rings. The highest BCUT2D eigenvalue weighted by atomic mass is 35.5. The minimum Gasteiger partial charge on any atom is -0.383 e. The van der Waals surface area contributed by atoms with Gasteiger partial charge in [-0.1, -0.05) is 23.2 Å². The highest BCUT2D eigenvalue weighted by molar-refractivity contribution is 6.38. The van der Waals surface area contributed by atoms with Gasteiger partial charge in [-0.2, -0.15) is 39.5 Å². The third-order valence-electron chi connectivity index (χ3n) is 3.83. The van der Waals surface area contributed by atoms with Gasteiger partial charge >= 0.3 is 18.5 Å². The molecule has 0 spiro atoms. The average molecular weight is 520 g/mol. The number of halogens is 13. The van der Waals surface area contributed by atoms with Crippen LogP contribution in [0, 0.1) is 11.6 Å². The maximum Gasteiger partial charge on any atom is 0.451 e. The second kappa shape index (κ2) is 7.19. The number of rotatable bonds is 1. The van der Waals surface area contributed by atoms with E-state index in [9.17, 15) is 48.3 Å². The van der Waals surface area contributed by atoms with Gasteiger partial charge in [-0.3, -0.25) is 0 Å². The number of aromatic nitrogens is 4. The number of hydrogen-bond donors (Lipinski definition) is 1. The Hall–Kier alpha value is -2.62. The molecule has 2 heterocycles. The van der Waals surface area contributed by atoms with Crippen molar-refractivity contribution < 1.29 is 48.3 Å². The quantitative estimate of drug-likeness (QED) is 0.314. The minimum absolute atomic E-state index is 0.0777. The molecule has 0 atom stereocenters. The summed E-state index contributed by atoms with van der Waals surface area (Å²) >= 11 is 10.9. The number of fused-ring (bicyclic) bond motifs is 1. The van der Waals surface area contributed by atoms with E-state index in [4.69, 9.17) is 28.9 Å². The van der Waals surface area contributed by atoms with E-state index in [0.717, 1.165) is 0 Å². The van der Waals surface area contributed by atoms with Gasteiger partial charge in [0.2, 0.25) is 5.82 Å². The molecule has 0 aliphatic carbocycles. The first-order chi connectivity index (χ1) is 14.4. The van der Waals surface area contributed by atoms with Gasteiger partial charge in [0.25, 0.3) is 0 Å². The Labute approximate surface area is 177 Å². The van der Waals surface area contributed by atoms with E-state index in [1.165, 1.54) is 0 Å². The van der Waals surface area contributed by atoms with E-state index in [1.807, 2.05) is 0 Å². The molecule has 0 unspecified atom stereocenters. The van der Waals surface area contributed by atoms with E-state index in [2.05, 4.69) is 15.1 Å². The standard InChI is InChI=1S/C14H2Cl2F11N5/c15-3-5(17)2(12(19,20)21)6(18)4(16)7(3)32-9(28)1-8(13(22,23)24)29-11(14(25,26)27)30-10(1)31-32/h28H2. The number of benzene rings is 1. The molecule has 18 heteroatoms. The van der Waals surface area contributed by atoms with Crippen molar-refractivity contribution in [1.82, 2.24) is 19.7 Å². The molecule has 32 heavy (non-hydrogen) atoms. The molecule has 0 aliphatic heterocycles. The molecular formula is C14H2Cl2F11N5. The van der Waals surface area contributed by atoms with Gasteiger partial charge in [0.05, 0.1) is 5.39 Å². The van der Waals surface area contributed by atoms with Crippen molar-refractivity contribution in [1.29, 1.82) is 0 Å². The van der Waals surface area contributed by atoms with Gasteiger partial charge < -0.3 is 5.73 Å². The highest BCUT2D eigenvalue weighted by Gasteiger charge is 2.44. The average Bonchev–Trinajstić information content (AvgIpc) is 2.93. The SMILES string of the molecule is Nc1c2c(C(F)(F)F)nc(C(F)(F)F)nc2nn1-c1c(Cl)c(F)c(C(F)(F)F)c(F)c1Cl. The first kappa shape index (κ1) is 24.0. The van der Waals surface area contributed by atoms with Crippen LogP contribution in [0.1, 0.15) is 17.1 Å². The van der Waals surface area contributed by atoms with Gasteiger partial charge in [-0.05, 0) is 0 Å². The summed E-state index contributed by atoms with van der Waals surface area (Å²) in [5.41, 5.74) is -1.97. The molecule has 0 saturated heterocycles. The van der Waals surface area contributed by atoms with Crippen LogP contribution < -0.4 is 5.73 Å². The molecule has 0 aliphatic rings. The van der Waals surface area contributed by atoms with Crippen LogP contribution >= 0.6 is 23.2 Å². The Bertz CT molecular complexity index is 1210. The van der Waals surface area contributed by atoms with E-state index < -0.39 is 79.8 Å². The second-order valence-electron chi connectivity index (χ2n) is 5.86. The summed E-state index contributed by atoms with van der Waals surface area (Å²) in [6, 6.07) is 0. The van der Waals surface area contributed by atoms with E-state index in [-0.39, 0.29) is 4.68 Å². The molecule has 2 aromatic heterocycles. The van der Waals surface area contributed by atoms with Crippen LogP contribution in [-0.4, -0.2) is 19.7 Å². The molecule has 5 nitrogen and oxygen atoms in total. The number of nitrogens with zero attached hydrogens (tertiary/aromatic N) is 4. The van der Waals surface area contributed by atoms with Gasteiger partial charge in [0.1, 0.15) is 27.1 Å². The van der Waals surface area contributed by atoms with Crippen LogP contribution in [0.25, 0.3) is 16.7 Å². The van der Waals surface area contributed by atoms with Gasteiger partial charge in [-0.15, -0.1) is 5.10 Å². The molecule has 2 N–H and O–H groups in total. The molecule has 0 amide bonds. The lowest BCUT2D eigenvalue weighted by molar-refractivity contribution is -0.151. The Morgan fingerprint density at radius 3 is 1.66 bits per heavy atom. The van der Waals surface area contributed by atoms with Gasteiger partial charge in [0, 0.05) is 0 Å². The molecule has 0 fully saturated rings. The summed E-state index contributed by atoms with van der Waals surface area (Å²) < 4.78 is 146. The summed E-state index contributed by atoms with van der Waals surface area (Å²) in [6.45, 7) is 0. The summed E-state index contributed by atoms with van der Waals surface area (Å²) in [6.07, 6.45) is -16.7. The Kier molecular flexibility index (Phi) is 5.40. The minimum atomic E-state index is -5.63. The highest BCUT2D eigenvalue weighted by Crippen LogP contribution is 2.45. The lowest BCUT2D eigenvalue weighted by atomic mass is 10.1. The monoisotopic (exact) mass is 519 g/mol. The first-order valence-corrected chi connectivity index (χ1v) is 8.27. The molecule has 174 valence electrons. The zero-order valence-electron chi connectivity index (χ0n) is 14.3. The fourth-order valence-electron chi connectivity index (χ4n) is 2.57. The predicted molar refractivity (Wildman–Crippen MR) is 86.0 cm³/mol. The summed E-state index contributed by atoms with van der Waals surface area (Å²) in [5.74, 6) is -8.39. The fraction of sp³-hybridized carbons (Fsp3) is 0.214. The van der Waals surface area contributed by atoms with Crippen molar-refractivity contribution >= 4 is 40.1 Å². The van der Waals surface area contributed by atoms with Crippen molar-refractivity contribution in [3.05, 3.63) is 38.8 Å². The topological polar surface area (TPSA) is 69.6 Å². The normalized spacial score (nSPS) is 13.3. The second-order valence-corrected chi connectivity index (χ2v) is 6.62. The molecule has 0 bridgehead atoms. The summed E-state index contributed by atoms with van der Waals surface area (Å²) in [7, 11) is 0. The third kappa shape index (κ3) is 3.74. The molecular weight excluding hydrogens is 518 g/mol. The van der Waals surface area contributed by atoms with Crippen LogP contribution in [0.5, 0.6) is 0 Å². The first-order valence-electron chi connectivity index (χ1n) is 7.51. The third-order valence-corrected chi connectivity index (χ3v) is 4.52. The van der Waals surface area contributed by atoms with E-state index in [1.54, 1.807) is 0 Å². The van der Waals surface area contributed by atoms with Crippen molar-refractivity contribution in [3.8, 4) is 5.69 Å². The zero-order valence-corrected chi connectivity index (χ0v) is 15.8. The van der Waals surface area contributed by atoms with Crippen LogP contribution in [0.15, 0.2) is 0 Å². The van der Waals surface area contributed by atoms with Gasteiger partial charge in [0.15, 0.2) is 23.0 Å². The molecule has 3 rings (SSSR count). The smallest absolute Gasteiger partial charge is 0.383 e. The van der Waals surface area contributed by atoms with Crippen LogP contribution in [0.2, 0.25) is 10.0 Å². The molecule has 1 aromatic carbocycles. The lowest BCUT2D eigenvalue weighted by Gasteiger charge is -2.16. The van der Waals surface area contributed by atoms with Crippen molar-refractivity contribution in [2.45, 2.75) is 18.5 Å². The Balaban J connectivity index is 2.46. The maximum atomic E-state index is 14.2. The number of nitrogens with two attached hydrogens (primary N) is 1. The number of anilines is 1. The van der Waals surface area contributed by atoms with Crippen LogP contribution in [-0.2, 0) is 18.5 Å². The lowest BCUT2D eigenvalue weighted by Crippen LogP contribution is -2.17. The van der Waals surface area contributed by atoms with Crippen molar-refractivity contribution in [2.24, 2.45) is 0 Å². The van der Waals surface area contributed by atoms with Crippen LogP contribution in [0.4, 0.5) is 54.1 Å². The summed E-state index contributed by atoms with van der Waals surface area (Å²) in [5, 5.41) is -1.33. The molecule has 0 saturated carbocycles. The Morgan fingerprint density at radius 2 is 1.25 bits per heavy atom. The summed E-state index contributed by atoms with van der Waals surface area (Å²) in [4.78, 5) is 5.17. The largest absolute Gasteiger partial charge is 0.451 e. The number of alkyl halides is 9. The number of hydrogen-bond acceptors (Lipinski definition) is 4. The van der Waals surface area contributed by atoms with Crippen LogP contribution in [0.3, 0.4) is 0 Å². The van der Waals surface area contributed by atoms with E-state index >= 15 is 0 Å². The molecule has 0 radical (unpaired) electrons. The van der Waals surface area contributed by atoms with Gasteiger partial charge in [-0.25, -0.2) is 23.4 Å². The zero-order chi connectivity index (χ0) is 24.5. The number of nitrogen functional groups attached to an aromatic ring is 1. The van der Waals surface area contributed by atoms with Crippen molar-refractivity contribution in [2.75, 3.05) is 5.73 Å².